The van der Waals surface area contributed by atoms with Gasteiger partial charge in [-0.05, 0) is 61.4 Å². The third kappa shape index (κ3) is 8.65. The molecule has 3 unspecified atom stereocenters. The molecule has 1 aromatic heterocycles. The van der Waals surface area contributed by atoms with Crippen LogP contribution in [0.15, 0.2) is 30.8 Å². The molecule has 12 nitrogen and oxygen atoms in total. The van der Waals surface area contributed by atoms with E-state index in [4.69, 9.17) is 18.9 Å². The summed E-state index contributed by atoms with van der Waals surface area (Å²) in [7, 11) is 1.45. The van der Waals surface area contributed by atoms with Gasteiger partial charge in [-0.25, -0.2) is 19.4 Å². The van der Waals surface area contributed by atoms with Crippen LogP contribution in [0.3, 0.4) is 0 Å². The third-order valence-corrected chi connectivity index (χ3v) is 7.18. The first kappa shape index (κ1) is 33.8. The molecule has 1 aliphatic rings. The van der Waals surface area contributed by atoms with Crippen LogP contribution < -0.4 is 15.4 Å². The van der Waals surface area contributed by atoms with E-state index in [2.05, 4.69) is 22.2 Å². The number of rotatable bonds is 15. The van der Waals surface area contributed by atoms with E-state index in [0.29, 0.717) is 42.0 Å². The molecule has 1 saturated carbocycles. The van der Waals surface area contributed by atoms with Gasteiger partial charge in [-0.15, -0.1) is 0 Å². The number of hydrogen-bond donors (Lipinski definition) is 2. The summed E-state index contributed by atoms with van der Waals surface area (Å²) in [6.45, 7) is 11.0. The summed E-state index contributed by atoms with van der Waals surface area (Å²) in [5.74, 6) is -1.57. The van der Waals surface area contributed by atoms with E-state index in [1.807, 2.05) is 6.92 Å². The Kier molecular flexibility index (Phi) is 12.0. The van der Waals surface area contributed by atoms with Crippen molar-refractivity contribution in [2.45, 2.75) is 59.3 Å². The fourth-order valence-corrected chi connectivity index (χ4v) is 4.33. The molecular weight excluding hydrogens is 570 g/mol. The molecule has 1 heterocycles. The van der Waals surface area contributed by atoms with Gasteiger partial charge in [0.1, 0.15) is 17.5 Å². The van der Waals surface area contributed by atoms with Crippen molar-refractivity contribution in [3.05, 3.63) is 53.4 Å². The van der Waals surface area contributed by atoms with Gasteiger partial charge in [-0.2, -0.15) is 0 Å². The molecule has 12 heteroatoms. The van der Waals surface area contributed by atoms with Crippen LogP contribution in [0.25, 0.3) is 17.2 Å². The summed E-state index contributed by atoms with van der Waals surface area (Å²) >= 11 is 0. The molecule has 1 aliphatic carbocycles. The van der Waals surface area contributed by atoms with Gasteiger partial charge in [-0.1, -0.05) is 32.9 Å². The quantitative estimate of drug-likeness (QED) is 0.166. The third-order valence-electron chi connectivity index (χ3n) is 7.18. The molecule has 0 radical (unpaired) electrons. The first-order valence-electron chi connectivity index (χ1n) is 14.5. The fourth-order valence-electron chi connectivity index (χ4n) is 4.33. The SMILES string of the molecule is C=Cc1cc(C=O)c(-c2ccc(C(=O)NCC3CC3)nc2C(=O)OC(C)OC(=O)NC(C(=O)OCC)C(C)CC)cc1OC. The average molecular weight is 610 g/mol. The first-order valence-corrected chi connectivity index (χ1v) is 14.5. The largest absolute Gasteiger partial charge is 0.496 e. The van der Waals surface area contributed by atoms with Crippen molar-refractivity contribution in [1.82, 2.24) is 15.6 Å². The zero-order valence-corrected chi connectivity index (χ0v) is 25.6. The molecule has 0 aliphatic heterocycles. The van der Waals surface area contributed by atoms with Crippen molar-refractivity contribution in [3.8, 4) is 16.9 Å². The highest BCUT2D eigenvalue weighted by Crippen LogP contribution is 2.33. The Bertz CT molecular complexity index is 1400. The molecule has 2 N–H and O–H groups in total. The minimum atomic E-state index is -1.42. The predicted octanol–water partition coefficient (Wildman–Crippen LogP) is 4.56. The zero-order valence-electron chi connectivity index (χ0n) is 25.6. The summed E-state index contributed by atoms with van der Waals surface area (Å²) < 4.78 is 21.1. The lowest BCUT2D eigenvalue weighted by Gasteiger charge is -2.23. The summed E-state index contributed by atoms with van der Waals surface area (Å²) in [5, 5.41) is 5.27. The van der Waals surface area contributed by atoms with E-state index >= 15 is 0 Å². The molecule has 2 aromatic rings. The van der Waals surface area contributed by atoms with E-state index < -0.39 is 36.3 Å². The molecule has 3 atom stereocenters. The summed E-state index contributed by atoms with van der Waals surface area (Å²) in [4.78, 5) is 67.7. The van der Waals surface area contributed by atoms with Crippen LogP contribution in [0.1, 0.15) is 83.9 Å². The summed E-state index contributed by atoms with van der Waals surface area (Å²) in [6, 6.07) is 5.06. The number of esters is 2. The Balaban J connectivity index is 1.91. The predicted molar refractivity (Wildman–Crippen MR) is 161 cm³/mol. The van der Waals surface area contributed by atoms with Gasteiger partial charge in [-0.3, -0.25) is 9.59 Å². The Labute approximate surface area is 256 Å². The van der Waals surface area contributed by atoms with Gasteiger partial charge in [0.2, 0.25) is 6.29 Å². The van der Waals surface area contributed by atoms with Crippen LogP contribution in [0.4, 0.5) is 4.79 Å². The number of aldehydes is 1. The summed E-state index contributed by atoms with van der Waals surface area (Å²) in [6.07, 6.45) is 2.35. The van der Waals surface area contributed by atoms with Gasteiger partial charge < -0.3 is 29.6 Å². The number of alkyl carbamates (subject to hydrolysis) is 1. The summed E-state index contributed by atoms with van der Waals surface area (Å²) in [5.41, 5.74) is 0.907. The first-order chi connectivity index (χ1) is 21.1. The second kappa shape index (κ2) is 15.6. The molecule has 0 spiro atoms. The number of amides is 2. The van der Waals surface area contributed by atoms with Crippen molar-refractivity contribution in [3.63, 3.8) is 0 Å². The molecule has 0 bridgehead atoms. The number of carbonyl (C=O) groups is 5. The highest BCUT2D eigenvalue weighted by Gasteiger charge is 2.30. The maximum absolute atomic E-state index is 13.5. The van der Waals surface area contributed by atoms with Crippen LogP contribution in [0, 0.1) is 11.8 Å². The number of carbonyl (C=O) groups excluding carboxylic acids is 5. The van der Waals surface area contributed by atoms with Gasteiger partial charge in [0.05, 0.1) is 13.7 Å². The second-order valence-corrected chi connectivity index (χ2v) is 10.4. The molecule has 1 fully saturated rings. The van der Waals surface area contributed by atoms with Crippen LogP contribution in [0.2, 0.25) is 0 Å². The van der Waals surface area contributed by atoms with Gasteiger partial charge in [0, 0.05) is 30.2 Å². The number of ether oxygens (including phenoxy) is 4. The van der Waals surface area contributed by atoms with Gasteiger partial charge in [0.15, 0.2) is 12.0 Å². The van der Waals surface area contributed by atoms with Crippen molar-refractivity contribution in [1.29, 1.82) is 0 Å². The highest BCUT2D eigenvalue weighted by molar-refractivity contribution is 6.01. The Morgan fingerprint density at radius 3 is 2.39 bits per heavy atom. The minimum Gasteiger partial charge on any atom is -0.496 e. The molecule has 3 rings (SSSR count). The van der Waals surface area contributed by atoms with Crippen molar-refractivity contribution in [2.75, 3.05) is 20.3 Å². The van der Waals surface area contributed by atoms with Crippen LogP contribution >= 0.6 is 0 Å². The smallest absolute Gasteiger partial charge is 0.410 e. The zero-order chi connectivity index (χ0) is 32.4. The van der Waals surface area contributed by atoms with Crippen molar-refractivity contribution in [2.24, 2.45) is 11.8 Å². The number of pyridine rings is 1. The number of nitrogens with zero attached hydrogens (tertiary/aromatic N) is 1. The van der Waals surface area contributed by atoms with E-state index in [1.54, 1.807) is 26.0 Å². The standard InChI is InChI=1S/C32H39N3O9/c1-7-18(4)27(30(38)42-9-3)35-32(40)44-19(5)43-31(39)28-23(12-13-25(34-28)29(37)33-16-20-10-11-20)24-15-26(41-6)21(8-2)14-22(24)17-36/h8,12-15,17-20,27H,2,7,9-11,16H2,1,3-6H3,(H,33,37)(H,35,40). The minimum absolute atomic E-state index is 0.0409. The molecule has 0 saturated heterocycles. The van der Waals surface area contributed by atoms with Gasteiger partial charge >= 0.3 is 18.0 Å². The van der Waals surface area contributed by atoms with E-state index in [1.165, 1.54) is 32.2 Å². The van der Waals surface area contributed by atoms with Gasteiger partial charge in [0.25, 0.3) is 5.91 Å². The van der Waals surface area contributed by atoms with Crippen molar-refractivity contribution < 1.29 is 42.9 Å². The lowest BCUT2D eigenvalue weighted by molar-refractivity contribution is -0.147. The van der Waals surface area contributed by atoms with Crippen LogP contribution in [0.5, 0.6) is 5.75 Å². The van der Waals surface area contributed by atoms with E-state index in [0.717, 1.165) is 12.8 Å². The fraction of sp³-hybridized carbons (Fsp3) is 0.438. The number of hydrogen-bond acceptors (Lipinski definition) is 10. The second-order valence-electron chi connectivity index (χ2n) is 10.4. The van der Waals surface area contributed by atoms with Crippen LogP contribution in [-0.2, 0) is 19.0 Å². The maximum atomic E-state index is 13.5. The highest BCUT2D eigenvalue weighted by atomic mass is 16.7. The van der Waals surface area contributed by atoms with E-state index in [-0.39, 0.29) is 35.0 Å². The Morgan fingerprint density at radius 1 is 1.07 bits per heavy atom. The van der Waals surface area contributed by atoms with Crippen LogP contribution in [-0.4, -0.2) is 67.8 Å². The topological polar surface area (TPSA) is 159 Å². The Morgan fingerprint density at radius 2 is 1.80 bits per heavy atom. The number of nitrogens with one attached hydrogen (secondary N) is 2. The molecular formula is C32H39N3O9. The molecule has 1 aromatic carbocycles. The van der Waals surface area contributed by atoms with E-state index in [9.17, 15) is 24.0 Å². The molecule has 44 heavy (non-hydrogen) atoms. The molecule has 236 valence electrons. The average Bonchev–Trinajstić information content (AvgIpc) is 3.85. The molecule has 2 amide bonds. The number of methoxy groups -OCH3 is 1. The Hall–Kier alpha value is -4.74. The monoisotopic (exact) mass is 609 g/mol. The van der Waals surface area contributed by atoms with Crippen molar-refractivity contribution >= 4 is 36.3 Å². The lowest BCUT2D eigenvalue weighted by atomic mass is 9.95. The normalized spacial score (nSPS) is 14.3. The number of benzene rings is 1. The lowest BCUT2D eigenvalue weighted by Crippen LogP contribution is -2.47. The maximum Gasteiger partial charge on any atom is 0.410 e. The number of aromatic nitrogens is 1.